The van der Waals surface area contributed by atoms with Gasteiger partial charge in [-0.1, -0.05) is 30.3 Å². The van der Waals surface area contributed by atoms with Gasteiger partial charge in [-0.05, 0) is 31.4 Å². The summed E-state index contributed by atoms with van der Waals surface area (Å²) in [5.74, 6) is 1.80. The van der Waals surface area contributed by atoms with E-state index in [1.165, 1.54) is 22.3 Å². The Morgan fingerprint density at radius 3 is 2.34 bits per heavy atom. The van der Waals surface area contributed by atoms with Crippen molar-refractivity contribution in [1.82, 2.24) is 14.3 Å². The average molecular weight is 431 g/mol. The molecule has 0 saturated carbocycles. The van der Waals surface area contributed by atoms with E-state index in [1.807, 2.05) is 6.07 Å². The number of aryl methyl sites for hydroxylation is 4. The molecule has 6 nitrogen and oxygen atoms in total. The van der Waals surface area contributed by atoms with Crippen molar-refractivity contribution in [3.8, 4) is 0 Å². The van der Waals surface area contributed by atoms with Crippen LogP contribution in [0.4, 0.5) is 5.82 Å². The highest BCUT2D eigenvalue weighted by atomic mass is 32.2. The summed E-state index contributed by atoms with van der Waals surface area (Å²) in [5, 5.41) is 1.11. The highest BCUT2D eigenvalue weighted by Gasteiger charge is 2.26. The molecule has 1 aromatic carbocycles. The van der Waals surface area contributed by atoms with E-state index in [9.17, 15) is 8.42 Å². The number of sulfonamides is 1. The fraction of sp³-hybridized carbons (Fsp3) is 0.429. The van der Waals surface area contributed by atoms with E-state index < -0.39 is 10.0 Å². The lowest BCUT2D eigenvalue weighted by Gasteiger charge is -2.34. The number of rotatable bonds is 5. The van der Waals surface area contributed by atoms with Crippen LogP contribution < -0.4 is 4.90 Å². The normalized spacial score (nSPS) is 15.9. The molecule has 154 valence electrons. The number of benzene rings is 1. The minimum atomic E-state index is -3.15. The van der Waals surface area contributed by atoms with Gasteiger partial charge in [0.1, 0.15) is 16.5 Å². The summed E-state index contributed by atoms with van der Waals surface area (Å²) in [6.07, 6.45) is 2.96. The van der Waals surface area contributed by atoms with E-state index in [1.54, 1.807) is 15.6 Å². The minimum absolute atomic E-state index is 0.492. The van der Waals surface area contributed by atoms with Crippen LogP contribution >= 0.6 is 11.3 Å². The third-order valence-electron chi connectivity index (χ3n) is 5.54. The maximum Gasteiger partial charge on any atom is 0.211 e. The Hall–Kier alpha value is -2.03. The van der Waals surface area contributed by atoms with Crippen LogP contribution in [0.2, 0.25) is 0 Å². The van der Waals surface area contributed by atoms with Crippen LogP contribution in [0.25, 0.3) is 10.2 Å². The van der Waals surface area contributed by atoms with Crippen LogP contribution in [-0.4, -0.2) is 55.1 Å². The molecule has 0 aliphatic carbocycles. The van der Waals surface area contributed by atoms with Gasteiger partial charge >= 0.3 is 0 Å². The van der Waals surface area contributed by atoms with E-state index >= 15 is 0 Å². The van der Waals surface area contributed by atoms with E-state index in [-0.39, 0.29) is 0 Å². The largest absolute Gasteiger partial charge is 0.353 e. The number of aromatic nitrogens is 2. The Morgan fingerprint density at radius 2 is 1.69 bits per heavy atom. The van der Waals surface area contributed by atoms with Crippen LogP contribution in [0.15, 0.2) is 30.3 Å². The van der Waals surface area contributed by atoms with Gasteiger partial charge in [0.2, 0.25) is 10.0 Å². The molecule has 8 heteroatoms. The third kappa shape index (κ3) is 4.29. The number of hydrogen-bond acceptors (Lipinski definition) is 6. The lowest BCUT2D eigenvalue weighted by atomic mass is 10.1. The van der Waals surface area contributed by atoms with Crippen molar-refractivity contribution in [1.29, 1.82) is 0 Å². The highest BCUT2D eigenvalue weighted by molar-refractivity contribution is 7.88. The molecule has 0 amide bonds. The van der Waals surface area contributed by atoms with Gasteiger partial charge in [-0.25, -0.2) is 18.4 Å². The predicted octanol–water partition coefficient (Wildman–Crippen LogP) is 3.17. The van der Waals surface area contributed by atoms with Gasteiger partial charge in [0.05, 0.1) is 11.6 Å². The molecule has 2 aromatic heterocycles. The first-order valence-electron chi connectivity index (χ1n) is 9.83. The van der Waals surface area contributed by atoms with E-state index in [0.717, 1.165) is 34.7 Å². The second-order valence-electron chi connectivity index (χ2n) is 7.56. The Kier molecular flexibility index (Phi) is 5.59. The molecule has 29 heavy (non-hydrogen) atoms. The predicted molar refractivity (Wildman–Crippen MR) is 119 cm³/mol. The summed E-state index contributed by atoms with van der Waals surface area (Å²) in [5.41, 5.74) is 2.50. The number of fused-ring (bicyclic) bond motifs is 1. The second-order valence-corrected chi connectivity index (χ2v) is 10.7. The average Bonchev–Trinajstić information content (AvgIpc) is 3.00. The molecule has 4 rings (SSSR count). The van der Waals surface area contributed by atoms with Crippen LogP contribution in [0, 0.1) is 13.8 Å². The van der Waals surface area contributed by atoms with Crippen LogP contribution in [-0.2, 0) is 22.9 Å². The molecule has 1 saturated heterocycles. The SMILES string of the molecule is Cc1sc2nc(CCc3ccccc3)nc(N3CCN(S(C)(=O)=O)CC3)c2c1C. The molecule has 0 bridgehead atoms. The van der Waals surface area contributed by atoms with Crippen LogP contribution in [0.5, 0.6) is 0 Å². The van der Waals surface area contributed by atoms with Gasteiger partial charge in [0.25, 0.3) is 0 Å². The summed E-state index contributed by atoms with van der Waals surface area (Å²) < 4.78 is 25.3. The first kappa shape index (κ1) is 20.3. The maximum atomic E-state index is 11.9. The second kappa shape index (κ2) is 8.01. The zero-order valence-corrected chi connectivity index (χ0v) is 18.7. The Balaban J connectivity index is 1.64. The van der Waals surface area contributed by atoms with Gasteiger partial charge in [-0.15, -0.1) is 11.3 Å². The van der Waals surface area contributed by atoms with Crippen molar-refractivity contribution in [2.24, 2.45) is 0 Å². The number of nitrogens with zero attached hydrogens (tertiary/aromatic N) is 4. The lowest BCUT2D eigenvalue weighted by molar-refractivity contribution is 0.387. The molecular weight excluding hydrogens is 404 g/mol. The standard InChI is InChI=1S/C21H26N4O2S2/c1-15-16(2)28-21-19(15)20(24-11-13-25(14-12-24)29(3,26)27)22-18(23-21)10-9-17-7-5-4-6-8-17/h4-8H,9-14H2,1-3H3. The molecule has 1 fully saturated rings. The van der Waals surface area contributed by atoms with Crippen LogP contribution in [0.1, 0.15) is 21.8 Å². The Morgan fingerprint density at radius 1 is 1.00 bits per heavy atom. The third-order valence-corrected chi connectivity index (χ3v) is 7.95. The van der Waals surface area contributed by atoms with E-state index in [0.29, 0.717) is 26.2 Å². The molecule has 0 atom stereocenters. The van der Waals surface area contributed by atoms with Crippen molar-refractivity contribution < 1.29 is 8.42 Å². The molecule has 1 aliphatic rings. The summed E-state index contributed by atoms with van der Waals surface area (Å²) in [4.78, 5) is 14.3. The summed E-state index contributed by atoms with van der Waals surface area (Å²) in [6, 6.07) is 10.4. The molecule has 3 heterocycles. The minimum Gasteiger partial charge on any atom is -0.353 e. The van der Waals surface area contributed by atoms with Crippen molar-refractivity contribution in [2.45, 2.75) is 26.7 Å². The van der Waals surface area contributed by atoms with Gasteiger partial charge in [0.15, 0.2) is 0 Å². The van der Waals surface area contributed by atoms with Crippen molar-refractivity contribution in [2.75, 3.05) is 37.3 Å². The zero-order chi connectivity index (χ0) is 20.6. The Labute approximate surface area is 176 Å². The first-order valence-corrected chi connectivity index (χ1v) is 12.5. The number of piperazine rings is 1. The molecule has 0 spiro atoms. The van der Waals surface area contributed by atoms with Gasteiger partial charge in [-0.2, -0.15) is 4.31 Å². The summed E-state index contributed by atoms with van der Waals surface area (Å²) in [7, 11) is -3.15. The van der Waals surface area contributed by atoms with Crippen molar-refractivity contribution in [3.05, 3.63) is 52.2 Å². The fourth-order valence-electron chi connectivity index (χ4n) is 3.74. The molecule has 0 unspecified atom stereocenters. The Bertz CT molecular complexity index is 1120. The van der Waals surface area contributed by atoms with Gasteiger partial charge in [0, 0.05) is 37.5 Å². The topological polar surface area (TPSA) is 66.4 Å². The lowest BCUT2D eigenvalue weighted by Crippen LogP contribution is -2.48. The molecule has 3 aromatic rings. The number of thiophene rings is 1. The monoisotopic (exact) mass is 430 g/mol. The summed E-state index contributed by atoms with van der Waals surface area (Å²) >= 11 is 1.71. The summed E-state index contributed by atoms with van der Waals surface area (Å²) in [6.45, 7) is 6.52. The zero-order valence-electron chi connectivity index (χ0n) is 17.1. The van der Waals surface area contributed by atoms with Crippen LogP contribution in [0.3, 0.4) is 0 Å². The van der Waals surface area contributed by atoms with E-state index in [4.69, 9.17) is 9.97 Å². The fourth-order valence-corrected chi connectivity index (χ4v) is 5.61. The molecule has 1 aliphatic heterocycles. The molecular formula is C21H26N4O2S2. The van der Waals surface area contributed by atoms with E-state index in [2.05, 4.69) is 43.0 Å². The quantitative estimate of drug-likeness (QED) is 0.622. The van der Waals surface area contributed by atoms with Gasteiger partial charge < -0.3 is 4.90 Å². The molecule has 0 N–H and O–H groups in total. The first-order chi connectivity index (χ1) is 13.8. The van der Waals surface area contributed by atoms with Crippen molar-refractivity contribution >= 4 is 37.4 Å². The highest BCUT2D eigenvalue weighted by Crippen LogP contribution is 2.35. The number of hydrogen-bond donors (Lipinski definition) is 0. The molecule has 0 radical (unpaired) electrons. The van der Waals surface area contributed by atoms with Crippen molar-refractivity contribution in [3.63, 3.8) is 0 Å². The number of anilines is 1. The maximum absolute atomic E-state index is 11.9. The smallest absolute Gasteiger partial charge is 0.211 e. The van der Waals surface area contributed by atoms with Gasteiger partial charge in [-0.3, -0.25) is 0 Å².